The molecule has 1 heterocycles. The Morgan fingerprint density at radius 2 is 2.00 bits per heavy atom. The van der Waals surface area contributed by atoms with Crippen LogP contribution in [0.15, 0.2) is 24.3 Å². The molecule has 6 nitrogen and oxygen atoms in total. The molecule has 118 valence electrons. The average molecular weight is 304 g/mol. The van der Waals surface area contributed by atoms with Gasteiger partial charge in [-0.05, 0) is 38.0 Å². The van der Waals surface area contributed by atoms with Crippen LogP contribution in [0, 0.1) is 0 Å². The Balaban J connectivity index is 2.24. The van der Waals surface area contributed by atoms with E-state index < -0.39 is 12.0 Å². The van der Waals surface area contributed by atoms with Crippen LogP contribution in [-0.2, 0) is 4.79 Å². The number of carboxylic acids is 1. The van der Waals surface area contributed by atoms with Crippen molar-refractivity contribution in [3.63, 3.8) is 0 Å². The van der Waals surface area contributed by atoms with E-state index in [9.17, 15) is 19.5 Å². The smallest absolute Gasteiger partial charge is 0.326 e. The van der Waals surface area contributed by atoms with Crippen LogP contribution in [0.1, 0.15) is 40.5 Å². The van der Waals surface area contributed by atoms with Gasteiger partial charge in [-0.25, -0.2) is 4.79 Å². The van der Waals surface area contributed by atoms with E-state index in [0.717, 1.165) is 0 Å². The maximum Gasteiger partial charge on any atom is 0.326 e. The number of carbonyl (C=O) groups excluding carboxylic acids is 2. The van der Waals surface area contributed by atoms with E-state index in [-0.39, 0.29) is 11.8 Å². The molecule has 1 fully saturated rings. The monoisotopic (exact) mass is 304 g/mol. The fraction of sp³-hybridized carbons (Fsp3) is 0.438. The van der Waals surface area contributed by atoms with Crippen LogP contribution in [0.4, 0.5) is 0 Å². The molecule has 1 aromatic carbocycles. The van der Waals surface area contributed by atoms with Gasteiger partial charge in [-0.3, -0.25) is 9.59 Å². The summed E-state index contributed by atoms with van der Waals surface area (Å²) in [5.74, 6) is -1.48. The van der Waals surface area contributed by atoms with Crippen molar-refractivity contribution in [3.05, 3.63) is 35.4 Å². The number of amides is 2. The molecule has 1 atom stereocenters. The van der Waals surface area contributed by atoms with Crippen molar-refractivity contribution >= 4 is 17.8 Å². The molecule has 0 bridgehead atoms. The number of nitrogens with zero attached hydrogens (tertiary/aromatic N) is 2. The zero-order chi connectivity index (χ0) is 16.3. The zero-order valence-corrected chi connectivity index (χ0v) is 12.8. The predicted octanol–water partition coefficient (Wildman–Crippen LogP) is 1.47. The summed E-state index contributed by atoms with van der Waals surface area (Å²) in [5, 5.41) is 9.17. The van der Waals surface area contributed by atoms with E-state index in [0.29, 0.717) is 37.1 Å². The van der Waals surface area contributed by atoms with Gasteiger partial charge >= 0.3 is 5.97 Å². The van der Waals surface area contributed by atoms with Crippen LogP contribution in [0.5, 0.6) is 0 Å². The van der Waals surface area contributed by atoms with Gasteiger partial charge in [0.25, 0.3) is 11.8 Å². The topological polar surface area (TPSA) is 77.9 Å². The van der Waals surface area contributed by atoms with Gasteiger partial charge in [-0.15, -0.1) is 0 Å². The number of likely N-dealkylation sites (tertiary alicyclic amines) is 1. The second kappa shape index (κ2) is 6.60. The fourth-order valence-corrected chi connectivity index (χ4v) is 2.58. The largest absolute Gasteiger partial charge is 0.480 e. The van der Waals surface area contributed by atoms with E-state index in [1.807, 2.05) is 6.92 Å². The Labute approximate surface area is 129 Å². The van der Waals surface area contributed by atoms with Gasteiger partial charge in [0.15, 0.2) is 0 Å². The Hall–Kier alpha value is -2.37. The second-order valence-electron chi connectivity index (χ2n) is 5.39. The maximum absolute atomic E-state index is 12.5. The summed E-state index contributed by atoms with van der Waals surface area (Å²) < 4.78 is 0. The average Bonchev–Trinajstić information content (AvgIpc) is 3.02. The number of benzene rings is 1. The highest BCUT2D eigenvalue weighted by Crippen LogP contribution is 2.21. The van der Waals surface area contributed by atoms with E-state index in [1.54, 1.807) is 30.1 Å². The van der Waals surface area contributed by atoms with Crippen molar-refractivity contribution in [2.24, 2.45) is 0 Å². The highest BCUT2D eigenvalue weighted by Gasteiger charge is 2.34. The molecule has 1 N–H and O–H groups in total. The number of aliphatic carboxylic acids is 1. The first-order valence-corrected chi connectivity index (χ1v) is 7.35. The van der Waals surface area contributed by atoms with Gasteiger partial charge in [0.2, 0.25) is 0 Å². The van der Waals surface area contributed by atoms with Crippen LogP contribution in [0.2, 0.25) is 0 Å². The van der Waals surface area contributed by atoms with Crippen LogP contribution < -0.4 is 0 Å². The molecule has 1 aromatic rings. The summed E-state index contributed by atoms with van der Waals surface area (Å²) in [5.41, 5.74) is 0.782. The minimum Gasteiger partial charge on any atom is -0.480 e. The van der Waals surface area contributed by atoms with Crippen molar-refractivity contribution in [2.75, 3.05) is 20.1 Å². The van der Waals surface area contributed by atoms with Crippen molar-refractivity contribution in [3.8, 4) is 0 Å². The SMILES string of the molecule is CCN(C)C(=O)c1cccc(C(=O)N2CCCC2C(=O)O)c1. The number of hydrogen-bond acceptors (Lipinski definition) is 3. The molecule has 6 heteroatoms. The van der Waals surface area contributed by atoms with Crippen molar-refractivity contribution < 1.29 is 19.5 Å². The van der Waals surface area contributed by atoms with Crippen LogP contribution >= 0.6 is 0 Å². The zero-order valence-electron chi connectivity index (χ0n) is 12.8. The fourth-order valence-electron chi connectivity index (χ4n) is 2.58. The molecule has 1 unspecified atom stereocenters. The summed E-state index contributed by atoms with van der Waals surface area (Å²) >= 11 is 0. The molecule has 0 radical (unpaired) electrons. The molecule has 0 spiro atoms. The van der Waals surface area contributed by atoms with Crippen LogP contribution in [0.25, 0.3) is 0 Å². The number of rotatable bonds is 4. The summed E-state index contributed by atoms with van der Waals surface area (Å²) in [7, 11) is 1.69. The molecule has 0 saturated carbocycles. The molecule has 2 amide bonds. The highest BCUT2D eigenvalue weighted by atomic mass is 16.4. The molecule has 0 aliphatic carbocycles. The van der Waals surface area contributed by atoms with Gasteiger partial charge in [-0.1, -0.05) is 6.07 Å². The Kier molecular flexibility index (Phi) is 4.80. The molecular weight excluding hydrogens is 284 g/mol. The quantitative estimate of drug-likeness (QED) is 0.913. The molecule has 0 aromatic heterocycles. The van der Waals surface area contributed by atoms with Crippen LogP contribution in [-0.4, -0.2) is 58.9 Å². The van der Waals surface area contributed by atoms with E-state index in [4.69, 9.17) is 0 Å². The lowest BCUT2D eigenvalue weighted by Gasteiger charge is -2.22. The van der Waals surface area contributed by atoms with Gasteiger partial charge < -0.3 is 14.9 Å². The Morgan fingerprint density at radius 1 is 1.32 bits per heavy atom. The van der Waals surface area contributed by atoms with Gasteiger partial charge in [0.1, 0.15) is 6.04 Å². The maximum atomic E-state index is 12.5. The molecule has 2 rings (SSSR count). The van der Waals surface area contributed by atoms with E-state index in [2.05, 4.69) is 0 Å². The summed E-state index contributed by atoms with van der Waals surface area (Å²) in [4.78, 5) is 38.8. The lowest BCUT2D eigenvalue weighted by Crippen LogP contribution is -2.40. The van der Waals surface area contributed by atoms with Gasteiger partial charge in [0.05, 0.1) is 0 Å². The van der Waals surface area contributed by atoms with Crippen molar-refractivity contribution in [1.29, 1.82) is 0 Å². The molecule has 22 heavy (non-hydrogen) atoms. The first kappa shape index (κ1) is 16.0. The first-order chi connectivity index (χ1) is 10.5. The Bertz CT molecular complexity index is 600. The number of hydrogen-bond donors (Lipinski definition) is 1. The predicted molar refractivity (Wildman–Crippen MR) is 80.8 cm³/mol. The standard InChI is InChI=1S/C16H20N2O4/c1-3-17(2)14(19)11-6-4-7-12(10-11)15(20)18-9-5-8-13(18)16(21)22/h4,6-7,10,13H,3,5,8-9H2,1-2H3,(H,21,22). The molecular formula is C16H20N2O4. The first-order valence-electron chi connectivity index (χ1n) is 7.35. The molecule has 1 aliphatic heterocycles. The number of carboxylic acid groups (broad SMARTS) is 1. The third kappa shape index (κ3) is 3.10. The minimum absolute atomic E-state index is 0.159. The minimum atomic E-state index is -0.983. The van der Waals surface area contributed by atoms with Crippen molar-refractivity contribution in [2.45, 2.75) is 25.8 Å². The second-order valence-corrected chi connectivity index (χ2v) is 5.39. The molecule has 1 saturated heterocycles. The third-order valence-electron chi connectivity index (χ3n) is 3.98. The molecule has 1 aliphatic rings. The summed E-state index contributed by atoms with van der Waals surface area (Å²) in [6, 6.07) is 5.68. The normalized spacial score (nSPS) is 17.4. The highest BCUT2D eigenvalue weighted by molar-refractivity contribution is 6.00. The van der Waals surface area contributed by atoms with Crippen LogP contribution in [0.3, 0.4) is 0 Å². The summed E-state index contributed by atoms with van der Waals surface area (Å²) in [6.45, 7) is 2.88. The van der Waals surface area contributed by atoms with Gasteiger partial charge in [-0.2, -0.15) is 0 Å². The van der Waals surface area contributed by atoms with E-state index >= 15 is 0 Å². The van der Waals surface area contributed by atoms with Crippen molar-refractivity contribution in [1.82, 2.24) is 9.80 Å². The number of carbonyl (C=O) groups is 3. The lowest BCUT2D eigenvalue weighted by atomic mass is 10.1. The van der Waals surface area contributed by atoms with Gasteiger partial charge in [0, 0.05) is 31.3 Å². The summed E-state index contributed by atoms with van der Waals surface area (Å²) in [6.07, 6.45) is 1.15. The lowest BCUT2D eigenvalue weighted by molar-refractivity contribution is -0.141. The Morgan fingerprint density at radius 3 is 2.64 bits per heavy atom. The third-order valence-corrected chi connectivity index (χ3v) is 3.98. The van der Waals surface area contributed by atoms with E-state index in [1.165, 1.54) is 11.0 Å².